The Morgan fingerprint density at radius 2 is 2.36 bits per heavy atom. The molecule has 0 saturated carbocycles. The van der Waals surface area contributed by atoms with Crippen LogP contribution in [0.2, 0.25) is 0 Å². The van der Waals surface area contributed by atoms with E-state index < -0.39 is 0 Å². The molecule has 0 spiro atoms. The lowest BCUT2D eigenvalue weighted by Crippen LogP contribution is -2.16. The normalized spacial score (nSPS) is 10.4. The molecule has 7 heteroatoms. The van der Waals surface area contributed by atoms with Gasteiger partial charge in [-0.15, -0.1) is 0 Å². The fourth-order valence-corrected chi connectivity index (χ4v) is 1.35. The quantitative estimate of drug-likeness (QED) is 0.682. The molecule has 6 nitrogen and oxygen atoms in total. The maximum atomic E-state index is 5.55. The third kappa shape index (κ3) is 1.27. The van der Waals surface area contributed by atoms with Crippen molar-refractivity contribution in [2.24, 2.45) is 12.8 Å². The van der Waals surface area contributed by atoms with E-state index in [-0.39, 0.29) is 0 Å². The number of rotatable bonds is 2. The first-order valence-corrected chi connectivity index (χ1v) is 4.31. The van der Waals surface area contributed by atoms with Gasteiger partial charge in [-0.25, -0.2) is 4.68 Å². The van der Waals surface area contributed by atoms with Crippen LogP contribution in [0, 0.1) is 0 Å². The van der Waals surface area contributed by atoms with Gasteiger partial charge in [0.25, 0.3) is 5.95 Å². The summed E-state index contributed by atoms with van der Waals surface area (Å²) in [5, 5.41) is 11.1. The van der Waals surface area contributed by atoms with Crippen LogP contribution in [0.4, 0.5) is 0 Å². The van der Waals surface area contributed by atoms with Gasteiger partial charge in [-0.2, -0.15) is 0 Å². The highest BCUT2D eigenvalue weighted by atomic mass is 32.1. The Balaban J connectivity index is 2.57. The average molecular weight is 208 g/mol. The Morgan fingerprint density at radius 1 is 1.57 bits per heavy atom. The molecule has 2 N–H and O–H groups in total. The zero-order valence-electron chi connectivity index (χ0n) is 7.45. The molecular formula is C7H8N6S. The Kier molecular flexibility index (Phi) is 2.01. The lowest BCUT2D eigenvalue weighted by molar-refractivity contribution is 0.691. The molecule has 0 aliphatic heterocycles. The van der Waals surface area contributed by atoms with E-state index in [1.165, 1.54) is 0 Å². The van der Waals surface area contributed by atoms with E-state index in [2.05, 4.69) is 15.5 Å². The van der Waals surface area contributed by atoms with E-state index in [0.29, 0.717) is 10.9 Å². The van der Waals surface area contributed by atoms with Gasteiger partial charge in [0.15, 0.2) is 0 Å². The number of nitrogens with two attached hydrogens (primary N) is 1. The molecule has 0 radical (unpaired) electrons. The Labute approximate surface area is 85.3 Å². The minimum absolute atomic E-state index is 0.318. The first-order valence-electron chi connectivity index (χ1n) is 3.90. The Morgan fingerprint density at radius 3 is 2.93 bits per heavy atom. The molecule has 0 bridgehead atoms. The summed E-state index contributed by atoms with van der Waals surface area (Å²) in [4.78, 5) is 0.318. The zero-order chi connectivity index (χ0) is 10.1. The maximum Gasteiger partial charge on any atom is 0.253 e. The summed E-state index contributed by atoms with van der Waals surface area (Å²) < 4.78 is 3.28. The van der Waals surface area contributed by atoms with Gasteiger partial charge in [0.1, 0.15) is 4.99 Å². The van der Waals surface area contributed by atoms with E-state index in [1.54, 1.807) is 22.5 Å². The van der Waals surface area contributed by atoms with E-state index >= 15 is 0 Å². The number of tetrazole rings is 1. The highest BCUT2D eigenvalue weighted by molar-refractivity contribution is 7.80. The molecule has 0 aliphatic carbocycles. The Hall–Kier alpha value is -1.76. The van der Waals surface area contributed by atoms with Crippen LogP contribution in [0.15, 0.2) is 18.3 Å². The predicted octanol–water partition coefficient (Wildman–Crippen LogP) is -0.365. The van der Waals surface area contributed by atoms with Crippen LogP contribution in [-0.2, 0) is 7.05 Å². The molecule has 2 rings (SSSR count). The highest BCUT2D eigenvalue weighted by Gasteiger charge is 2.10. The number of thiocarbonyl (C=S) groups is 1. The van der Waals surface area contributed by atoms with Crippen molar-refractivity contribution < 1.29 is 0 Å². The lowest BCUT2D eigenvalue weighted by Gasteiger charge is -2.04. The SMILES string of the molecule is Cn1nnnc1-n1cccc1C(N)=S. The van der Waals surface area contributed by atoms with Crippen molar-refractivity contribution in [2.45, 2.75) is 0 Å². The van der Waals surface area contributed by atoms with E-state index in [0.717, 1.165) is 5.69 Å². The summed E-state index contributed by atoms with van der Waals surface area (Å²) in [6.45, 7) is 0. The second kappa shape index (κ2) is 3.18. The molecule has 2 aromatic rings. The highest BCUT2D eigenvalue weighted by Crippen LogP contribution is 2.07. The zero-order valence-corrected chi connectivity index (χ0v) is 8.27. The lowest BCUT2D eigenvalue weighted by atomic mass is 10.4. The largest absolute Gasteiger partial charge is 0.388 e. The van der Waals surface area contributed by atoms with Gasteiger partial charge in [0.05, 0.1) is 5.69 Å². The van der Waals surface area contributed by atoms with Crippen LogP contribution >= 0.6 is 12.2 Å². The van der Waals surface area contributed by atoms with Gasteiger partial charge in [0, 0.05) is 13.2 Å². The smallest absolute Gasteiger partial charge is 0.253 e. The standard InChI is InChI=1S/C7H8N6S/c1-12-7(9-10-11-12)13-4-2-3-5(13)6(8)14/h2-4H,1H3,(H2,8,14). The number of hydrogen-bond acceptors (Lipinski definition) is 4. The van der Waals surface area contributed by atoms with E-state index in [4.69, 9.17) is 18.0 Å². The summed E-state index contributed by atoms with van der Waals surface area (Å²) in [6.07, 6.45) is 1.81. The molecule has 0 aliphatic rings. The minimum Gasteiger partial charge on any atom is -0.388 e. The van der Waals surface area contributed by atoms with Gasteiger partial charge in [0.2, 0.25) is 0 Å². The third-order valence-corrected chi connectivity index (χ3v) is 2.02. The van der Waals surface area contributed by atoms with E-state index in [9.17, 15) is 0 Å². The van der Waals surface area contributed by atoms with Crippen LogP contribution in [0.3, 0.4) is 0 Å². The van der Waals surface area contributed by atoms with Crippen molar-refractivity contribution in [3.63, 3.8) is 0 Å². The fraction of sp³-hybridized carbons (Fsp3) is 0.143. The van der Waals surface area contributed by atoms with Crippen molar-refractivity contribution in [3.8, 4) is 5.95 Å². The molecule has 0 saturated heterocycles. The first-order chi connectivity index (χ1) is 6.70. The Bertz CT molecular complexity index is 470. The van der Waals surface area contributed by atoms with E-state index in [1.807, 2.05) is 12.1 Å². The molecule has 2 heterocycles. The van der Waals surface area contributed by atoms with Crippen LogP contribution in [0.25, 0.3) is 5.95 Å². The average Bonchev–Trinajstić information content (AvgIpc) is 2.70. The number of nitrogens with zero attached hydrogens (tertiary/aromatic N) is 5. The minimum atomic E-state index is 0.318. The summed E-state index contributed by atoms with van der Waals surface area (Å²) in [5.74, 6) is 0.581. The topological polar surface area (TPSA) is 74.5 Å². The van der Waals surface area contributed by atoms with Crippen molar-refractivity contribution in [3.05, 3.63) is 24.0 Å². The maximum absolute atomic E-state index is 5.55. The van der Waals surface area contributed by atoms with Gasteiger partial charge in [-0.1, -0.05) is 17.3 Å². The van der Waals surface area contributed by atoms with Crippen LogP contribution in [0.1, 0.15) is 5.69 Å². The third-order valence-electron chi connectivity index (χ3n) is 1.81. The molecule has 0 aromatic carbocycles. The first kappa shape index (κ1) is 8.82. The summed E-state index contributed by atoms with van der Waals surface area (Å²) >= 11 is 4.90. The molecule has 0 unspecified atom stereocenters. The molecule has 14 heavy (non-hydrogen) atoms. The number of aromatic nitrogens is 5. The van der Waals surface area contributed by atoms with Crippen molar-refractivity contribution >= 4 is 17.2 Å². The molecular weight excluding hydrogens is 200 g/mol. The van der Waals surface area contributed by atoms with Crippen molar-refractivity contribution in [1.29, 1.82) is 0 Å². The van der Waals surface area contributed by atoms with Gasteiger partial charge in [-0.3, -0.25) is 4.57 Å². The van der Waals surface area contributed by atoms with Gasteiger partial charge >= 0.3 is 0 Å². The molecule has 0 fully saturated rings. The molecule has 0 atom stereocenters. The predicted molar refractivity (Wildman–Crippen MR) is 54.0 cm³/mol. The molecule has 72 valence electrons. The van der Waals surface area contributed by atoms with Gasteiger partial charge in [-0.05, 0) is 22.6 Å². The molecule has 0 amide bonds. The monoisotopic (exact) mass is 208 g/mol. The van der Waals surface area contributed by atoms with Crippen LogP contribution in [-0.4, -0.2) is 29.8 Å². The molecule has 2 aromatic heterocycles. The summed E-state index contributed by atoms with van der Waals surface area (Å²) in [7, 11) is 1.75. The van der Waals surface area contributed by atoms with Crippen LogP contribution in [0.5, 0.6) is 0 Å². The van der Waals surface area contributed by atoms with Crippen LogP contribution < -0.4 is 5.73 Å². The summed E-state index contributed by atoms with van der Waals surface area (Å²) in [6, 6.07) is 3.65. The second-order valence-corrected chi connectivity index (χ2v) is 3.17. The summed E-state index contributed by atoms with van der Waals surface area (Å²) in [5.41, 5.74) is 6.27. The van der Waals surface area contributed by atoms with Crippen molar-refractivity contribution in [1.82, 2.24) is 24.8 Å². The van der Waals surface area contributed by atoms with Crippen molar-refractivity contribution in [2.75, 3.05) is 0 Å². The second-order valence-electron chi connectivity index (χ2n) is 2.73. The number of hydrogen-bond donors (Lipinski definition) is 1. The fourth-order valence-electron chi connectivity index (χ4n) is 1.18. The van der Waals surface area contributed by atoms with Gasteiger partial charge < -0.3 is 5.73 Å². The number of aryl methyl sites for hydroxylation is 1.